The molecule has 1 aromatic rings. The second-order valence-electron chi connectivity index (χ2n) is 6.01. The molecule has 138 valence electrons. The molecule has 0 bridgehead atoms. The number of ether oxygens (including phenoxy) is 2. The maximum atomic E-state index is 12.7. The molecule has 2 heterocycles. The molecule has 0 radical (unpaired) electrons. The van der Waals surface area contributed by atoms with Gasteiger partial charge in [0.15, 0.2) is 0 Å². The fourth-order valence-corrected chi connectivity index (χ4v) is 4.82. The molecular formula is C16H21ClN2O5S. The lowest BCUT2D eigenvalue weighted by Crippen LogP contribution is -2.40. The van der Waals surface area contributed by atoms with Crippen LogP contribution in [0.1, 0.15) is 23.2 Å². The Morgan fingerprint density at radius 3 is 2.68 bits per heavy atom. The summed E-state index contributed by atoms with van der Waals surface area (Å²) < 4.78 is 37.3. The Morgan fingerprint density at radius 2 is 2.04 bits per heavy atom. The third-order valence-electron chi connectivity index (χ3n) is 4.30. The molecule has 9 heteroatoms. The smallest absolute Gasteiger partial charge is 0.251 e. The van der Waals surface area contributed by atoms with E-state index in [4.69, 9.17) is 21.1 Å². The average Bonchev–Trinajstić information content (AvgIpc) is 3.13. The van der Waals surface area contributed by atoms with Crippen LogP contribution in [-0.4, -0.2) is 64.2 Å². The van der Waals surface area contributed by atoms with E-state index in [0.717, 1.165) is 19.4 Å². The minimum Gasteiger partial charge on any atom is -0.379 e. The maximum absolute atomic E-state index is 12.7. The molecule has 2 fully saturated rings. The topological polar surface area (TPSA) is 84.9 Å². The molecule has 2 saturated heterocycles. The van der Waals surface area contributed by atoms with Gasteiger partial charge in [0.2, 0.25) is 10.0 Å². The summed E-state index contributed by atoms with van der Waals surface area (Å²) >= 11 is 6.16. The Kier molecular flexibility index (Phi) is 5.96. The molecule has 2 aliphatic heterocycles. The van der Waals surface area contributed by atoms with E-state index in [1.54, 1.807) is 0 Å². The highest BCUT2D eigenvalue weighted by atomic mass is 35.5. The van der Waals surface area contributed by atoms with Crippen LogP contribution in [-0.2, 0) is 19.5 Å². The number of sulfonamides is 1. The van der Waals surface area contributed by atoms with Gasteiger partial charge in [-0.05, 0) is 31.0 Å². The molecule has 25 heavy (non-hydrogen) atoms. The summed E-state index contributed by atoms with van der Waals surface area (Å²) in [5, 5.41) is 2.83. The third kappa shape index (κ3) is 4.32. The van der Waals surface area contributed by atoms with Crippen LogP contribution in [0.2, 0.25) is 5.02 Å². The zero-order chi connectivity index (χ0) is 17.9. The number of nitrogens with one attached hydrogen (secondary N) is 1. The van der Waals surface area contributed by atoms with Gasteiger partial charge in [0.05, 0.1) is 24.3 Å². The number of hydrogen-bond donors (Lipinski definition) is 1. The maximum Gasteiger partial charge on any atom is 0.251 e. The van der Waals surface area contributed by atoms with E-state index < -0.39 is 10.0 Å². The Hall–Kier alpha value is -1.19. The molecule has 3 rings (SSSR count). The van der Waals surface area contributed by atoms with Gasteiger partial charge < -0.3 is 14.8 Å². The number of carbonyl (C=O) groups excluding carboxylic acids is 1. The lowest BCUT2D eigenvalue weighted by Gasteiger charge is -2.26. The quantitative estimate of drug-likeness (QED) is 0.821. The summed E-state index contributed by atoms with van der Waals surface area (Å²) in [5.74, 6) is -0.298. The van der Waals surface area contributed by atoms with Crippen LogP contribution in [0.5, 0.6) is 0 Å². The zero-order valence-corrected chi connectivity index (χ0v) is 15.3. The number of nitrogens with zero attached hydrogens (tertiary/aromatic N) is 1. The van der Waals surface area contributed by atoms with Crippen molar-refractivity contribution in [1.82, 2.24) is 9.62 Å². The summed E-state index contributed by atoms with van der Waals surface area (Å²) in [6, 6.07) is 4.25. The van der Waals surface area contributed by atoms with Gasteiger partial charge in [0.1, 0.15) is 4.90 Å². The second kappa shape index (κ2) is 8.01. The number of morpholine rings is 1. The van der Waals surface area contributed by atoms with Crippen molar-refractivity contribution in [3.63, 3.8) is 0 Å². The van der Waals surface area contributed by atoms with E-state index in [1.165, 1.54) is 22.5 Å². The highest BCUT2D eigenvalue weighted by Gasteiger charge is 2.28. The van der Waals surface area contributed by atoms with Crippen LogP contribution >= 0.6 is 11.6 Å². The zero-order valence-electron chi connectivity index (χ0n) is 13.7. The van der Waals surface area contributed by atoms with E-state index in [-0.39, 0.29) is 21.9 Å². The van der Waals surface area contributed by atoms with Gasteiger partial charge in [-0.15, -0.1) is 0 Å². The first-order valence-electron chi connectivity index (χ1n) is 8.26. The number of carbonyl (C=O) groups is 1. The van der Waals surface area contributed by atoms with Crippen LogP contribution in [0.3, 0.4) is 0 Å². The second-order valence-corrected chi connectivity index (χ2v) is 8.32. The normalized spacial score (nSPS) is 22.0. The monoisotopic (exact) mass is 388 g/mol. The number of rotatable bonds is 5. The molecule has 1 N–H and O–H groups in total. The van der Waals surface area contributed by atoms with Crippen molar-refractivity contribution < 1.29 is 22.7 Å². The summed E-state index contributed by atoms with van der Waals surface area (Å²) in [6.07, 6.45) is 1.97. The predicted octanol–water partition coefficient (Wildman–Crippen LogP) is 1.27. The first kappa shape index (κ1) is 18.6. The van der Waals surface area contributed by atoms with Crippen molar-refractivity contribution in [2.45, 2.75) is 23.8 Å². The van der Waals surface area contributed by atoms with E-state index in [0.29, 0.717) is 38.4 Å². The summed E-state index contributed by atoms with van der Waals surface area (Å²) in [5.41, 5.74) is 0.323. The lowest BCUT2D eigenvalue weighted by molar-refractivity contribution is 0.0730. The molecular weight excluding hydrogens is 368 g/mol. The van der Waals surface area contributed by atoms with Crippen LogP contribution < -0.4 is 5.32 Å². The first-order valence-corrected chi connectivity index (χ1v) is 10.1. The standard InChI is InChI=1S/C16H21ClN2O5S/c17-14-10-12(16(20)18-11-13-2-1-7-24-13)3-4-15(14)25(21,22)19-5-8-23-9-6-19/h3-4,10,13H,1-2,5-9,11H2,(H,18,20). The van der Waals surface area contributed by atoms with Crippen LogP contribution in [0.25, 0.3) is 0 Å². The fraction of sp³-hybridized carbons (Fsp3) is 0.562. The highest BCUT2D eigenvalue weighted by molar-refractivity contribution is 7.89. The Labute approximate surface area is 152 Å². The van der Waals surface area contributed by atoms with Crippen molar-refractivity contribution in [2.24, 2.45) is 0 Å². The first-order chi connectivity index (χ1) is 12.0. The van der Waals surface area contributed by atoms with E-state index in [9.17, 15) is 13.2 Å². The number of hydrogen-bond acceptors (Lipinski definition) is 5. The predicted molar refractivity (Wildman–Crippen MR) is 92.3 cm³/mol. The van der Waals surface area contributed by atoms with Crippen molar-refractivity contribution >= 4 is 27.5 Å². The van der Waals surface area contributed by atoms with Crippen molar-refractivity contribution in [3.8, 4) is 0 Å². The largest absolute Gasteiger partial charge is 0.379 e. The lowest BCUT2D eigenvalue weighted by atomic mass is 10.2. The van der Waals surface area contributed by atoms with E-state index >= 15 is 0 Å². The Bertz CT molecular complexity index is 728. The van der Waals surface area contributed by atoms with Gasteiger partial charge in [0.25, 0.3) is 5.91 Å². The molecule has 1 atom stereocenters. The van der Waals surface area contributed by atoms with Gasteiger partial charge in [-0.25, -0.2) is 8.42 Å². The molecule has 0 saturated carbocycles. The number of halogens is 1. The van der Waals surface area contributed by atoms with Crippen LogP contribution in [0.15, 0.2) is 23.1 Å². The summed E-state index contributed by atoms with van der Waals surface area (Å²) in [4.78, 5) is 12.2. The molecule has 1 amide bonds. The molecule has 1 aromatic carbocycles. The Balaban J connectivity index is 1.70. The van der Waals surface area contributed by atoms with Gasteiger partial charge in [-0.2, -0.15) is 4.31 Å². The molecule has 7 nitrogen and oxygen atoms in total. The molecule has 0 aromatic heterocycles. The molecule has 0 spiro atoms. The molecule has 1 unspecified atom stereocenters. The van der Waals surface area contributed by atoms with Crippen LogP contribution in [0, 0.1) is 0 Å². The van der Waals surface area contributed by atoms with Crippen molar-refractivity contribution in [3.05, 3.63) is 28.8 Å². The van der Waals surface area contributed by atoms with E-state index in [2.05, 4.69) is 5.32 Å². The highest BCUT2D eigenvalue weighted by Crippen LogP contribution is 2.26. The number of amides is 1. The number of benzene rings is 1. The van der Waals surface area contributed by atoms with Crippen LogP contribution in [0.4, 0.5) is 0 Å². The molecule has 2 aliphatic rings. The average molecular weight is 389 g/mol. The fourth-order valence-electron chi connectivity index (χ4n) is 2.89. The minimum absolute atomic E-state index is 0.00624. The van der Waals surface area contributed by atoms with Crippen molar-refractivity contribution in [2.75, 3.05) is 39.5 Å². The summed E-state index contributed by atoms with van der Waals surface area (Å²) in [7, 11) is -3.69. The Morgan fingerprint density at radius 1 is 1.28 bits per heavy atom. The van der Waals surface area contributed by atoms with E-state index in [1.807, 2.05) is 0 Å². The third-order valence-corrected chi connectivity index (χ3v) is 6.68. The van der Waals surface area contributed by atoms with Crippen molar-refractivity contribution in [1.29, 1.82) is 0 Å². The summed E-state index contributed by atoms with van der Waals surface area (Å²) in [6.45, 7) is 2.47. The SMILES string of the molecule is O=C(NCC1CCCO1)c1ccc(S(=O)(=O)N2CCOCC2)c(Cl)c1. The van der Waals surface area contributed by atoms with Gasteiger partial charge >= 0.3 is 0 Å². The minimum atomic E-state index is -3.69. The van der Waals surface area contributed by atoms with Gasteiger partial charge in [0, 0.05) is 31.8 Å². The molecule has 0 aliphatic carbocycles. The van der Waals surface area contributed by atoms with Gasteiger partial charge in [-0.1, -0.05) is 11.6 Å². The van der Waals surface area contributed by atoms with Gasteiger partial charge in [-0.3, -0.25) is 4.79 Å².